The lowest BCUT2D eigenvalue weighted by molar-refractivity contribution is 0.392. The molecule has 3 aliphatic rings. The first kappa shape index (κ1) is 17.2. The molecule has 5 rings (SSSR count). The first-order valence-corrected chi connectivity index (χ1v) is 10.2. The number of benzene rings is 1. The molecule has 1 saturated heterocycles. The lowest BCUT2D eigenvalue weighted by atomic mass is 9.96. The third-order valence-electron chi connectivity index (χ3n) is 5.20. The van der Waals surface area contributed by atoms with Gasteiger partial charge in [0.2, 0.25) is 5.95 Å². The number of nitriles is 1. The molecule has 0 spiro atoms. The number of fused-ring (bicyclic) bond motifs is 1. The van der Waals surface area contributed by atoms with E-state index in [4.69, 9.17) is 9.98 Å². The number of anilines is 1. The Hall–Kier alpha value is -2.89. The van der Waals surface area contributed by atoms with Crippen LogP contribution in [0.2, 0.25) is 0 Å². The molecule has 28 heavy (non-hydrogen) atoms. The molecular weight excluding hydrogens is 370 g/mol. The summed E-state index contributed by atoms with van der Waals surface area (Å²) in [7, 11) is 0. The van der Waals surface area contributed by atoms with Crippen molar-refractivity contribution in [3.05, 3.63) is 65.0 Å². The summed E-state index contributed by atoms with van der Waals surface area (Å²) in [6.07, 6.45) is 4.93. The minimum atomic E-state index is -0.114. The van der Waals surface area contributed by atoms with Gasteiger partial charge in [0, 0.05) is 25.0 Å². The van der Waals surface area contributed by atoms with Gasteiger partial charge in [0.05, 0.1) is 17.3 Å². The van der Waals surface area contributed by atoms with Crippen LogP contribution < -0.4 is 10.6 Å². The average Bonchev–Trinajstić information content (AvgIpc) is 3.45. The van der Waals surface area contributed by atoms with Crippen molar-refractivity contribution in [1.29, 1.82) is 5.26 Å². The third kappa shape index (κ3) is 3.13. The van der Waals surface area contributed by atoms with E-state index in [0.29, 0.717) is 17.6 Å². The summed E-state index contributed by atoms with van der Waals surface area (Å²) in [6.45, 7) is 1.95. The van der Waals surface area contributed by atoms with Gasteiger partial charge in [-0.3, -0.25) is 4.99 Å². The van der Waals surface area contributed by atoms with Crippen LogP contribution in [0.5, 0.6) is 0 Å². The number of aliphatic imine (C=N–C) groups is 1. The normalized spacial score (nSPS) is 25.5. The maximum atomic E-state index is 9.28. The second kappa shape index (κ2) is 7.26. The van der Waals surface area contributed by atoms with Gasteiger partial charge in [-0.15, -0.1) is 0 Å². The van der Waals surface area contributed by atoms with Gasteiger partial charge < -0.3 is 15.5 Å². The van der Waals surface area contributed by atoms with Crippen LogP contribution >= 0.6 is 11.8 Å². The number of nitrogens with zero attached hydrogens (tertiary/aromatic N) is 5. The second-order valence-corrected chi connectivity index (χ2v) is 7.86. The summed E-state index contributed by atoms with van der Waals surface area (Å²) >= 11 is 1.61. The molecular formula is C20H19N7S. The number of rotatable bonds is 4. The zero-order chi connectivity index (χ0) is 18.9. The minimum Gasteiger partial charge on any atom is -0.350 e. The first-order chi connectivity index (χ1) is 13.8. The standard InChI is InChI=1S/C20H19N7S/c21-11-13-2-1-3-14(10-13)17-18(27-8-9-28-20(27)26-17)16-5-7-23-19(25-16)24-15-4-6-22-12-15/h1-3,5,7-10,15,17-18,22H,4,6,12H2,(H,23,24,25)/t15-,17?,18?/m1/s1. The minimum absolute atomic E-state index is 0.0551. The molecule has 1 fully saturated rings. The Morgan fingerprint density at radius 1 is 1.32 bits per heavy atom. The molecule has 0 aliphatic carbocycles. The maximum Gasteiger partial charge on any atom is 0.223 e. The molecule has 140 valence electrons. The number of hydrogen-bond acceptors (Lipinski definition) is 8. The predicted octanol–water partition coefficient (Wildman–Crippen LogP) is 2.79. The summed E-state index contributed by atoms with van der Waals surface area (Å²) in [5.74, 6) is 0.653. The van der Waals surface area contributed by atoms with Gasteiger partial charge in [0.15, 0.2) is 5.17 Å². The van der Waals surface area contributed by atoms with E-state index in [1.807, 2.05) is 35.7 Å². The Labute approximate surface area is 167 Å². The Balaban J connectivity index is 1.49. The SMILES string of the molecule is N#Cc1cccc(C2N=C3SC=CN3C2c2ccnc(N[C@@H]3CCNC3)n2)c1. The van der Waals surface area contributed by atoms with Crippen molar-refractivity contribution in [3.63, 3.8) is 0 Å². The highest BCUT2D eigenvalue weighted by Gasteiger charge is 2.40. The van der Waals surface area contributed by atoms with Gasteiger partial charge in [0.1, 0.15) is 12.1 Å². The Bertz CT molecular complexity index is 990. The van der Waals surface area contributed by atoms with Gasteiger partial charge in [0.25, 0.3) is 0 Å². The lowest BCUT2D eigenvalue weighted by Gasteiger charge is -2.25. The molecule has 2 unspecified atom stereocenters. The summed E-state index contributed by atoms with van der Waals surface area (Å²) in [5.41, 5.74) is 2.58. The molecule has 1 aromatic heterocycles. The van der Waals surface area contributed by atoms with Crippen LogP contribution in [0.15, 0.2) is 53.1 Å². The summed E-state index contributed by atoms with van der Waals surface area (Å²) < 4.78 is 0. The van der Waals surface area contributed by atoms with Crippen LogP contribution in [-0.4, -0.2) is 39.2 Å². The van der Waals surface area contributed by atoms with Crippen LogP contribution in [0, 0.1) is 11.3 Å². The monoisotopic (exact) mass is 389 g/mol. The fourth-order valence-electron chi connectivity index (χ4n) is 3.85. The van der Waals surface area contributed by atoms with Crippen LogP contribution in [0.3, 0.4) is 0 Å². The molecule has 2 N–H and O–H groups in total. The highest BCUT2D eigenvalue weighted by molar-refractivity contribution is 8.16. The van der Waals surface area contributed by atoms with E-state index in [0.717, 1.165) is 35.9 Å². The third-order valence-corrected chi connectivity index (χ3v) is 5.98. The number of amidine groups is 1. The van der Waals surface area contributed by atoms with E-state index in [-0.39, 0.29) is 12.1 Å². The van der Waals surface area contributed by atoms with Crippen molar-refractivity contribution in [2.24, 2.45) is 4.99 Å². The van der Waals surface area contributed by atoms with E-state index in [9.17, 15) is 5.26 Å². The van der Waals surface area contributed by atoms with Gasteiger partial charge in [-0.1, -0.05) is 23.9 Å². The largest absolute Gasteiger partial charge is 0.350 e. The summed E-state index contributed by atoms with van der Waals surface area (Å²) in [4.78, 5) is 16.3. The molecule has 4 heterocycles. The fourth-order valence-corrected chi connectivity index (χ4v) is 4.64. The molecule has 1 aromatic carbocycles. The molecule has 2 aromatic rings. The van der Waals surface area contributed by atoms with Gasteiger partial charge in [-0.2, -0.15) is 5.26 Å². The van der Waals surface area contributed by atoms with Gasteiger partial charge >= 0.3 is 0 Å². The van der Waals surface area contributed by atoms with Crippen molar-refractivity contribution in [2.75, 3.05) is 18.4 Å². The molecule has 3 aliphatic heterocycles. The van der Waals surface area contributed by atoms with E-state index in [1.54, 1.807) is 18.0 Å². The van der Waals surface area contributed by atoms with Crippen LogP contribution in [0.25, 0.3) is 0 Å². The smallest absolute Gasteiger partial charge is 0.223 e. The average molecular weight is 389 g/mol. The van der Waals surface area contributed by atoms with Crippen LogP contribution in [0.1, 0.15) is 35.3 Å². The Kier molecular flexibility index (Phi) is 4.47. The van der Waals surface area contributed by atoms with E-state index < -0.39 is 0 Å². The highest BCUT2D eigenvalue weighted by Crippen LogP contribution is 2.46. The lowest BCUT2D eigenvalue weighted by Crippen LogP contribution is -2.26. The molecule has 7 nitrogen and oxygen atoms in total. The molecule has 8 heteroatoms. The molecule has 0 radical (unpaired) electrons. The quantitative estimate of drug-likeness (QED) is 0.831. The van der Waals surface area contributed by atoms with Crippen LogP contribution in [-0.2, 0) is 0 Å². The van der Waals surface area contributed by atoms with Gasteiger partial charge in [-0.05, 0) is 42.1 Å². The van der Waals surface area contributed by atoms with Crippen molar-refractivity contribution in [3.8, 4) is 6.07 Å². The zero-order valence-electron chi connectivity index (χ0n) is 15.1. The van der Waals surface area contributed by atoms with E-state index in [1.165, 1.54) is 0 Å². The highest BCUT2D eigenvalue weighted by atomic mass is 32.2. The Morgan fingerprint density at radius 2 is 2.29 bits per heavy atom. The van der Waals surface area contributed by atoms with E-state index in [2.05, 4.69) is 32.8 Å². The molecule has 0 saturated carbocycles. The summed E-state index contributed by atoms with van der Waals surface area (Å²) in [6, 6.07) is 12.1. The van der Waals surface area contributed by atoms with Crippen LogP contribution in [0.4, 0.5) is 5.95 Å². The summed E-state index contributed by atoms with van der Waals surface area (Å²) in [5, 5.41) is 19.1. The Morgan fingerprint density at radius 3 is 3.14 bits per heavy atom. The van der Waals surface area contributed by atoms with Crippen molar-refractivity contribution in [2.45, 2.75) is 24.5 Å². The first-order valence-electron chi connectivity index (χ1n) is 9.31. The number of hydrogen-bond donors (Lipinski definition) is 2. The zero-order valence-corrected chi connectivity index (χ0v) is 15.9. The van der Waals surface area contributed by atoms with Crippen molar-refractivity contribution >= 4 is 22.9 Å². The topological polar surface area (TPSA) is 89.2 Å². The number of thioether (sulfide) groups is 1. The van der Waals surface area contributed by atoms with Crippen molar-refractivity contribution < 1.29 is 0 Å². The van der Waals surface area contributed by atoms with Crippen molar-refractivity contribution in [1.82, 2.24) is 20.2 Å². The fraction of sp³-hybridized carbons (Fsp3) is 0.300. The molecule has 0 bridgehead atoms. The van der Waals surface area contributed by atoms with Gasteiger partial charge in [-0.25, -0.2) is 9.97 Å². The second-order valence-electron chi connectivity index (χ2n) is 6.99. The number of nitrogens with one attached hydrogen (secondary N) is 2. The maximum absolute atomic E-state index is 9.28. The number of aromatic nitrogens is 2. The predicted molar refractivity (Wildman–Crippen MR) is 110 cm³/mol. The molecule has 3 atom stereocenters. The van der Waals surface area contributed by atoms with E-state index >= 15 is 0 Å². The molecule has 0 amide bonds.